The maximum Gasteiger partial charge on any atom is 0.215 e. The molecule has 0 amide bonds. The van der Waals surface area contributed by atoms with Crippen molar-refractivity contribution in [2.75, 3.05) is 6.54 Å². The number of aliphatic hydroxyl groups is 1. The second kappa shape index (κ2) is 7.38. The smallest absolute Gasteiger partial charge is 0.215 e. The average molecular weight is 346 g/mol. The summed E-state index contributed by atoms with van der Waals surface area (Å²) < 4.78 is 26.4. The first kappa shape index (κ1) is 16.5. The van der Waals surface area contributed by atoms with Crippen molar-refractivity contribution in [1.82, 2.24) is 4.72 Å². The Bertz CT molecular complexity index is 671. The Morgan fingerprint density at radius 1 is 1.33 bits per heavy atom. The molecule has 0 aliphatic rings. The van der Waals surface area contributed by atoms with Crippen LogP contribution in [0, 0.1) is 0 Å². The predicted molar refractivity (Wildman–Crippen MR) is 86.0 cm³/mol. The lowest BCUT2D eigenvalue weighted by molar-refractivity contribution is 0.169. The molecule has 0 saturated heterocycles. The summed E-state index contributed by atoms with van der Waals surface area (Å²) in [4.78, 5) is 0. The van der Waals surface area contributed by atoms with Crippen molar-refractivity contribution in [2.24, 2.45) is 0 Å². The molecule has 0 saturated carbocycles. The molecule has 2 rings (SSSR count). The average Bonchev–Trinajstić information content (AvgIpc) is 2.91. The SMILES string of the molecule is O=S(=O)(Cc1cccc(Cl)c1)NCCC(O)c1ccsc1. The van der Waals surface area contributed by atoms with E-state index in [4.69, 9.17) is 11.6 Å². The van der Waals surface area contributed by atoms with Crippen LogP contribution >= 0.6 is 22.9 Å². The Morgan fingerprint density at radius 2 is 2.14 bits per heavy atom. The first-order chi connectivity index (χ1) is 9.96. The van der Waals surface area contributed by atoms with Crippen molar-refractivity contribution < 1.29 is 13.5 Å². The molecule has 0 spiro atoms. The molecule has 1 heterocycles. The molecular formula is C14H16ClNO3S2. The Labute approximate surface area is 133 Å². The van der Waals surface area contributed by atoms with E-state index in [0.29, 0.717) is 17.0 Å². The largest absolute Gasteiger partial charge is 0.388 e. The zero-order valence-corrected chi connectivity index (χ0v) is 13.6. The molecule has 2 N–H and O–H groups in total. The third-order valence-corrected chi connectivity index (χ3v) is 5.21. The lowest BCUT2D eigenvalue weighted by Gasteiger charge is -2.10. The zero-order valence-electron chi connectivity index (χ0n) is 11.2. The highest BCUT2D eigenvalue weighted by molar-refractivity contribution is 7.88. The van der Waals surface area contributed by atoms with E-state index in [1.165, 1.54) is 11.3 Å². The minimum absolute atomic E-state index is 0.123. The van der Waals surface area contributed by atoms with Crippen LogP contribution in [0.5, 0.6) is 0 Å². The number of benzene rings is 1. The fraction of sp³-hybridized carbons (Fsp3) is 0.286. The third-order valence-electron chi connectivity index (χ3n) is 2.91. The van der Waals surface area contributed by atoms with Gasteiger partial charge in [-0.1, -0.05) is 23.7 Å². The lowest BCUT2D eigenvalue weighted by Crippen LogP contribution is -2.27. The summed E-state index contributed by atoms with van der Waals surface area (Å²) >= 11 is 7.33. The predicted octanol–water partition coefficient (Wildman–Crippen LogP) is 2.94. The van der Waals surface area contributed by atoms with Gasteiger partial charge in [-0.05, 0) is 46.5 Å². The molecule has 1 aromatic carbocycles. The van der Waals surface area contributed by atoms with Crippen LogP contribution < -0.4 is 4.72 Å². The summed E-state index contributed by atoms with van der Waals surface area (Å²) in [6, 6.07) is 8.58. The summed E-state index contributed by atoms with van der Waals surface area (Å²) in [5, 5.41) is 14.1. The van der Waals surface area contributed by atoms with Gasteiger partial charge in [-0.3, -0.25) is 0 Å². The summed E-state index contributed by atoms with van der Waals surface area (Å²) in [5.41, 5.74) is 1.45. The molecule has 1 unspecified atom stereocenters. The minimum atomic E-state index is -3.43. The van der Waals surface area contributed by atoms with E-state index in [1.54, 1.807) is 24.3 Å². The van der Waals surface area contributed by atoms with Crippen molar-refractivity contribution >= 4 is 33.0 Å². The second-order valence-corrected chi connectivity index (χ2v) is 7.67. The fourth-order valence-electron chi connectivity index (χ4n) is 1.88. The summed E-state index contributed by atoms with van der Waals surface area (Å²) in [6.07, 6.45) is -0.309. The number of hydrogen-bond donors (Lipinski definition) is 2. The highest BCUT2D eigenvalue weighted by Crippen LogP contribution is 2.19. The van der Waals surface area contributed by atoms with E-state index < -0.39 is 16.1 Å². The van der Waals surface area contributed by atoms with Crippen LogP contribution in [0.2, 0.25) is 5.02 Å². The van der Waals surface area contributed by atoms with Crippen molar-refractivity contribution in [3.63, 3.8) is 0 Å². The monoisotopic (exact) mass is 345 g/mol. The van der Waals surface area contributed by atoms with E-state index in [0.717, 1.165) is 5.56 Å². The quantitative estimate of drug-likeness (QED) is 0.810. The van der Waals surface area contributed by atoms with E-state index in [-0.39, 0.29) is 12.3 Å². The van der Waals surface area contributed by atoms with Crippen LogP contribution in [0.1, 0.15) is 23.7 Å². The number of rotatable bonds is 7. The minimum Gasteiger partial charge on any atom is -0.388 e. The number of nitrogens with one attached hydrogen (secondary N) is 1. The van der Waals surface area contributed by atoms with Crippen LogP contribution in [0.15, 0.2) is 41.1 Å². The van der Waals surface area contributed by atoms with Crippen LogP contribution in [0.4, 0.5) is 0 Å². The number of halogens is 1. The molecule has 1 aromatic heterocycles. The van der Waals surface area contributed by atoms with Crippen molar-refractivity contribution in [3.05, 3.63) is 57.2 Å². The van der Waals surface area contributed by atoms with E-state index in [9.17, 15) is 13.5 Å². The molecule has 0 radical (unpaired) electrons. The topological polar surface area (TPSA) is 66.4 Å². The van der Waals surface area contributed by atoms with Crippen LogP contribution in [0.3, 0.4) is 0 Å². The van der Waals surface area contributed by atoms with Crippen LogP contribution in [-0.2, 0) is 15.8 Å². The number of aliphatic hydroxyl groups excluding tert-OH is 1. The number of sulfonamides is 1. The van der Waals surface area contributed by atoms with Crippen molar-refractivity contribution in [3.8, 4) is 0 Å². The van der Waals surface area contributed by atoms with Crippen LogP contribution in [-0.4, -0.2) is 20.1 Å². The normalized spacial score (nSPS) is 13.2. The van der Waals surface area contributed by atoms with E-state index in [2.05, 4.69) is 4.72 Å². The molecule has 114 valence electrons. The van der Waals surface area contributed by atoms with Gasteiger partial charge in [-0.2, -0.15) is 11.3 Å². The van der Waals surface area contributed by atoms with Gasteiger partial charge in [0.15, 0.2) is 0 Å². The Morgan fingerprint density at radius 3 is 2.81 bits per heavy atom. The summed E-state index contributed by atoms with van der Waals surface area (Å²) in [7, 11) is -3.43. The second-order valence-electron chi connectivity index (χ2n) is 4.64. The van der Waals surface area contributed by atoms with Gasteiger partial charge < -0.3 is 5.11 Å². The molecule has 0 aliphatic carbocycles. The van der Waals surface area contributed by atoms with Gasteiger partial charge in [0.1, 0.15) is 0 Å². The third kappa shape index (κ3) is 5.41. The molecule has 0 bridgehead atoms. The van der Waals surface area contributed by atoms with E-state index in [1.807, 2.05) is 16.8 Å². The Balaban J connectivity index is 1.84. The van der Waals surface area contributed by atoms with Gasteiger partial charge >= 0.3 is 0 Å². The lowest BCUT2D eigenvalue weighted by atomic mass is 10.1. The molecule has 2 aromatic rings. The Hall–Kier alpha value is -0.920. The highest BCUT2D eigenvalue weighted by Gasteiger charge is 2.13. The maximum absolute atomic E-state index is 11.9. The first-order valence-electron chi connectivity index (χ1n) is 6.38. The number of thiophene rings is 1. The first-order valence-corrected chi connectivity index (χ1v) is 9.35. The molecule has 4 nitrogen and oxygen atoms in total. The fourth-order valence-corrected chi connectivity index (χ4v) is 3.95. The van der Waals surface area contributed by atoms with Gasteiger partial charge in [0.2, 0.25) is 10.0 Å². The van der Waals surface area contributed by atoms with Gasteiger partial charge in [0, 0.05) is 11.6 Å². The molecule has 21 heavy (non-hydrogen) atoms. The molecule has 1 atom stereocenters. The number of hydrogen-bond acceptors (Lipinski definition) is 4. The maximum atomic E-state index is 11.9. The van der Waals surface area contributed by atoms with Gasteiger partial charge in [-0.15, -0.1) is 0 Å². The standard InChI is InChI=1S/C14H16ClNO3S2/c15-13-3-1-2-11(8-13)10-21(18,19)16-6-4-14(17)12-5-7-20-9-12/h1-3,5,7-9,14,16-17H,4,6,10H2. The molecule has 0 fully saturated rings. The highest BCUT2D eigenvalue weighted by atomic mass is 35.5. The Kier molecular flexibility index (Phi) is 5.78. The molecule has 0 aliphatic heterocycles. The van der Waals surface area contributed by atoms with Gasteiger partial charge in [0.25, 0.3) is 0 Å². The van der Waals surface area contributed by atoms with Gasteiger partial charge in [0.05, 0.1) is 11.9 Å². The molecule has 7 heteroatoms. The van der Waals surface area contributed by atoms with Gasteiger partial charge in [-0.25, -0.2) is 13.1 Å². The van der Waals surface area contributed by atoms with Crippen molar-refractivity contribution in [1.29, 1.82) is 0 Å². The summed E-state index contributed by atoms with van der Waals surface area (Å²) in [5.74, 6) is -0.123. The summed E-state index contributed by atoms with van der Waals surface area (Å²) in [6.45, 7) is 0.194. The zero-order chi connectivity index (χ0) is 15.3. The van der Waals surface area contributed by atoms with Crippen LogP contribution in [0.25, 0.3) is 0 Å². The molecular weight excluding hydrogens is 330 g/mol. The van der Waals surface area contributed by atoms with E-state index >= 15 is 0 Å². The van der Waals surface area contributed by atoms with Crippen molar-refractivity contribution in [2.45, 2.75) is 18.3 Å².